The molecule has 3 heterocycles. The van der Waals surface area contributed by atoms with Crippen molar-refractivity contribution in [3.05, 3.63) is 59.0 Å². The van der Waals surface area contributed by atoms with Crippen molar-refractivity contribution in [1.82, 2.24) is 9.47 Å². The molecule has 1 aliphatic heterocycles. The zero-order valence-electron chi connectivity index (χ0n) is 17.5. The summed E-state index contributed by atoms with van der Waals surface area (Å²) in [5.74, 6) is -1.60. The number of halogens is 2. The summed E-state index contributed by atoms with van der Waals surface area (Å²) in [7, 11) is 0. The van der Waals surface area contributed by atoms with Crippen LogP contribution in [0.25, 0.3) is 11.1 Å². The highest BCUT2D eigenvalue weighted by Gasteiger charge is 2.31. The number of carbonyl (C=O) groups excluding carboxylic acids is 2. The first-order chi connectivity index (χ1) is 14.9. The van der Waals surface area contributed by atoms with Crippen LogP contribution < -0.4 is 0 Å². The molecule has 0 radical (unpaired) electrons. The predicted octanol–water partition coefficient (Wildman–Crippen LogP) is 4.28. The van der Waals surface area contributed by atoms with Gasteiger partial charge in [0.15, 0.2) is 5.58 Å². The summed E-state index contributed by atoms with van der Waals surface area (Å²) < 4.78 is 40.1. The maximum absolute atomic E-state index is 14.3. The van der Waals surface area contributed by atoms with E-state index in [1.165, 1.54) is 12.1 Å². The van der Waals surface area contributed by atoms with E-state index in [1.54, 1.807) is 35.4 Å². The number of fused-ring (bicyclic) bond motifs is 1. The Bertz CT molecular complexity index is 1130. The van der Waals surface area contributed by atoms with E-state index in [9.17, 15) is 18.4 Å². The van der Waals surface area contributed by atoms with Crippen LogP contribution in [0.2, 0.25) is 0 Å². The molecule has 0 bridgehead atoms. The third kappa shape index (κ3) is 4.19. The minimum Gasteiger partial charge on any atom is -0.466 e. The molecule has 0 aliphatic carbocycles. The number of nitrogens with zero attached hydrogens (tertiary/aromatic N) is 2. The number of hydrogen-bond donors (Lipinski definition) is 0. The van der Waals surface area contributed by atoms with Crippen molar-refractivity contribution < 1.29 is 27.5 Å². The number of likely N-dealkylation sites (tertiary alicyclic amines) is 1. The van der Waals surface area contributed by atoms with Crippen molar-refractivity contribution in [2.45, 2.75) is 33.2 Å². The SMILES string of the molecule is CCOC(=O)C1CCCN(C(=O)c2cc3oc(C)cc3n2Cc2ccc(F)cc2F)C1. The van der Waals surface area contributed by atoms with Gasteiger partial charge in [-0.2, -0.15) is 0 Å². The number of furan rings is 1. The first-order valence-corrected chi connectivity index (χ1v) is 10.4. The summed E-state index contributed by atoms with van der Waals surface area (Å²) in [6.07, 6.45) is 1.36. The third-order valence-electron chi connectivity index (χ3n) is 5.60. The molecular formula is C23H24F2N2O4. The highest BCUT2D eigenvalue weighted by atomic mass is 19.1. The van der Waals surface area contributed by atoms with Crippen molar-refractivity contribution in [3.63, 3.8) is 0 Å². The Balaban J connectivity index is 1.67. The Hall–Kier alpha value is -3.16. The number of aryl methyl sites for hydroxylation is 1. The lowest BCUT2D eigenvalue weighted by Crippen LogP contribution is -2.43. The minimum atomic E-state index is -0.680. The molecule has 0 saturated carbocycles. The summed E-state index contributed by atoms with van der Waals surface area (Å²) in [6, 6.07) is 6.81. The van der Waals surface area contributed by atoms with Crippen LogP contribution in [0, 0.1) is 24.5 Å². The van der Waals surface area contributed by atoms with E-state index >= 15 is 0 Å². The molecule has 6 nitrogen and oxygen atoms in total. The quantitative estimate of drug-likeness (QED) is 0.567. The van der Waals surface area contributed by atoms with Gasteiger partial charge in [0.2, 0.25) is 0 Å². The number of hydrogen-bond acceptors (Lipinski definition) is 4. The summed E-state index contributed by atoms with van der Waals surface area (Å²) in [4.78, 5) is 27.2. The molecule has 4 rings (SSSR count). The van der Waals surface area contributed by atoms with E-state index in [2.05, 4.69) is 0 Å². The number of esters is 1. The van der Waals surface area contributed by atoms with Gasteiger partial charge in [0.25, 0.3) is 5.91 Å². The number of ether oxygens (including phenoxy) is 1. The van der Waals surface area contributed by atoms with Crippen LogP contribution in [-0.2, 0) is 16.1 Å². The monoisotopic (exact) mass is 430 g/mol. The lowest BCUT2D eigenvalue weighted by Gasteiger charge is -2.31. The van der Waals surface area contributed by atoms with Gasteiger partial charge in [-0.05, 0) is 32.8 Å². The minimum absolute atomic E-state index is 0.0464. The van der Waals surface area contributed by atoms with Gasteiger partial charge >= 0.3 is 5.97 Å². The van der Waals surface area contributed by atoms with Gasteiger partial charge in [-0.1, -0.05) is 6.07 Å². The van der Waals surface area contributed by atoms with E-state index in [0.29, 0.717) is 48.5 Å². The largest absolute Gasteiger partial charge is 0.466 e. The van der Waals surface area contributed by atoms with Crippen LogP contribution in [-0.4, -0.2) is 41.0 Å². The van der Waals surface area contributed by atoms with E-state index in [4.69, 9.17) is 9.15 Å². The topological polar surface area (TPSA) is 64.7 Å². The Morgan fingerprint density at radius 3 is 2.77 bits per heavy atom. The maximum Gasteiger partial charge on any atom is 0.310 e. The van der Waals surface area contributed by atoms with Crippen LogP contribution >= 0.6 is 0 Å². The average molecular weight is 430 g/mol. The highest BCUT2D eigenvalue weighted by Crippen LogP contribution is 2.28. The smallest absolute Gasteiger partial charge is 0.310 e. The van der Waals surface area contributed by atoms with E-state index in [-0.39, 0.29) is 36.4 Å². The molecule has 3 aromatic rings. The van der Waals surface area contributed by atoms with Crippen LogP contribution in [0.5, 0.6) is 0 Å². The summed E-state index contributed by atoms with van der Waals surface area (Å²) >= 11 is 0. The van der Waals surface area contributed by atoms with Gasteiger partial charge in [-0.3, -0.25) is 9.59 Å². The molecule has 1 fully saturated rings. The fourth-order valence-corrected chi connectivity index (χ4v) is 4.11. The molecule has 1 saturated heterocycles. The molecule has 31 heavy (non-hydrogen) atoms. The van der Waals surface area contributed by atoms with Crippen molar-refractivity contribution in [2.24, 2.45) is 5.92 Å². The van der Waals surface area contributed by atoms with Gasteiger partial charge in [0.1, 0.15) is 23.1 Å². The summed E-state index contributed by atoms with van der Waals surface area (Å²) in [5, 5.41) is 0. The average Bonchev–Trinajstić information content (AvgIpc) is 3.26. The summed E-state index contributed by atoms with van der Waals surface area (Å²) in [5.41, 5.74) is 1.77. The zero-order chi connectivity index (χ0) is 22.1. The number of amides is 1. The molecular weight excluding hydrogens is 406 g/mol. The first kappa shape index (κ1) is 21.1. The molecule has 0 N–H and O–H groups in total. The van der Waals surface area contributed by atoms with Crippen LogP contribution in [0.4, 0.5) is 8.78 Å². The second kappa shape index (κ2) is 8.53. The molecule has 2 aromatic heterocycles. The molecule has 8 heteroatoms. The number of aromatic nitrogens is 1. The van der Waals surface area contributed by atoms with Gasteiger partial charge in [-0.15, -0.1) is 0 Å². The van der Waals surface area contributed by atoms with Gasteiger partial charge in [0.05, 0.1) is 24.6 Å². The predicted molar refractivity (Wildman–Crippen MR) is 110 cm³/mol. The lowest BCUT2D eigenvalue weighted by atomic mass is 9.98. The van der Waals surface area contributed by atoms with Gasteiger partial charge < -0.3 is 18.6 Å². The normalized spacial score (nSPS) is 16.6. The van der Waals surface area contributed by atoms with Crippen LogP contribution in [0.3, 0.4) is 0 Å². The molecule has 1 aliphatic rings. The number of piperidine rings is 1. The zero-order valence-corrected chi connectivity index (χ0v) is 17.5. The summed E-state index contributed by atoms with van der Waals surface area (Å²) in [6.45, 7) is 4.68. The fraction of sp³-hybridized carbons (Fsp3) is 0.391. The second-order valence-electron chi connectivity index (χ2n) is 7.80. The Morgan fingerprint density at radius 2 is 2.03 bits per heavy atom. The Labute approximate surface area is 178 Å². The standard InChI is InChI=1S/C23H24F2N2O4/c1-3-30-23(29)16-5-4-8-26(12-16)22(28)20-11-21-19(9-14(2)31-21)27(20)13-15-6-7-17(24)10-18(15)25/h6-7,9-11,16H,3-5,8,12-13H2,1-2H3. The first-order valence-electron chi connectivity index (χ1n) is 10.4. The number of carbonyl (C=O) groups is 2. The second-order valence-corrected chi connectivity index (χ2v) is 7.80. The molecule has 164 valence electrons. The van der Waals surface area contributed by atoms with Crippen LogP contribution in [0.15, 0.2) is 34.7 Å². The Kier molecular flexibility index (Phi) is 5.80. The molecule has 1 aromatic carbocycles. The van der Waals surface area contributed by atoms with E-state index in [0.717, 1.165) is 6.07 Å². The van der Waals surface area contributed by atoms with E-state index < -0.39 is 11.6 Å². The van der Waals surface area contributed by atoms with Crippen molar-refractivity contribution in [1.29, 1.82) is 0 Å². The Morgan fingerprint density at radius 1 is 1.23 bits per heavy atom. The third-order valence-corrected chi connectivity index (χ3v) is 5.60. The van der Waals surface area contributed by atoms with E-state index in [1.807, 2.05) is 0 Å². The lowest BCUT2D eigenvalue weighted by molar-refractivity contribution is -0.149. The van der Waals surface area contributed by atoms with Crippen molar-refractivity contribution >= 4 is 23.0 Å². The number of rotatable bonds is 5. The van der Waals surface area contributed by atoms with Crippen molar-refractivity contribution in [3.8, 4) is 0 Å². The maximum atomic E-state index is 14.3. The van der Waals surface area contributed by atoms with Crippen LogP contribution in [0.1, 0.15) is 41.6 Å². The molecule has 0 spiro atoms. The highest BCUT2D eigenvalue weighted by molar-refractivity contribution is 5.98. The molecule has 1 unspecified atom stereocenters. The van der Waals surface area contributed by atoms with Gasteiger partial charge in [-0.25, -0.2) is 8.78 Å². The number of benzene rings is 1. The fourth-order valence-electron chi connectivity index (χ4n) is 4.11. The molecule has 1 amide bonds. The molecule has 1 atom stereocenters. The van der Waals surface area contributed by atoms with Gasteiger partial charge in [0, 0.05) is 36.9 Å². The van der Waals surface area contributed by atoms with Crippen molar-refractivity contribution in [2.75, 3.05) is 19.7 Å².